The fourth-order valence-corrected chi connectivity index (χ4v) is 3.14. The molecule has 1 aromatic carbocycles. The van der Waals surface area contributed by atoms with E-state index in [9.17, 15) is 4.79 Å². The highest BCUT2D eigenvalue weighted by atomic mass is 35.5. The van der Waals surface area contributed by atoms with Crippen LogP contribution in [0.1, 0.15) is 43.5 Å². The van der Waals surface area contributed by atoms with Gasteiger partial charge in [0.2, 0.25) is 0 Å². The van der Waals surface area contributed by atoms with Gasteiger partial charge in [-0.25, -0.2) is 0 Å². The van der Waals surface area contributed by atoms with Gasteiger partial charge in [0.25, 0.3) is 5.91 Å². The number of likely N-dealkylation sites (tertiary alicyclic amines) is 1. The lowest BCUT2D eigenvalue weighted by Gasteiger charge is -2.32. The third-order valence-electron chi connectivity index (χ3n) is 4.76. The Labute approximate surface area is 163 Å². The Balaban J connectivity index is 0.00000338. The number of benzene rings is 1. The predicted molar refractivity (Wildman–Crippen MR) is 108 cm³/mol. The van der Waals surface area contributed by atoms with Gasteiger partial charge in [0.15, 0.2) is 11.5 Å². The summed E-state index contributed by atoms with van der Waals surface area (Å²) in [6, 6.07) is 5.49. The molecule has 0 spiro atoms. The lowest BCUT2D eigenvalue weighted by molar-refractivity contribution is 0.0690. The van der Waals surface area contributed by atoms with Gasteiger partial charge in [-0.15, -0.1) is 12.4 Å². The number of carbonyl (C=O) groups is 1. The van der Waals surface area contributed by atoms with Gasteiger partial charge in [0, 0.05) is 18.7 Å². The Hall–Kier alpha value is -1.46. The molecular formula is C20H33ClN2O3. The third kappa shape index (κ3) is 6.36. The lowest BCUT2D eigenvalue weighted by atomic mass is 9.96. The molecule has 1 amide bonds. The molecule has 0 aliphatic carbocycles. The normalized spacial score (nSPS) is 14.9. The molecule has 0 bridgehead atoms. The van der Waals surface area contributed by atoms with Crippen LogP contribution in [0.15, 0.2) is 18.2 Å². The molecule has 1 aliphatic rings. The molecule has 26 heavy (non-hydrogen) atoms. The smallest absolute Gasteiger partial charge is 0.253 e. The van der Waals surface area contributed by atoms with Crippen molar-refractivity contribution in [2.45, 2.75) is 33.1 Å². The summed E-state index contributed by atoms with van der Waals surface area (Å²) in [5, 5.41) is 3.22. The highest BCUT2D eigenvalue weighted by Gasteiger charge is 2.24. The van der Waals surface area contributed by atoms with Gasteiger partial charge in [-0.2, -0.15) is 0 Å². The average molecular weight is 385 g/mol. The number of methoxy groups -OCH3 is 1. The molecule has 1 saturated heterocycles. The summed E-state index contributed by atoms with van der Waals surface area (Å²) in [7, 11) is 3.59. The summed E-state index contributed by atoms with van der Waals surface area (Å²) < 4.78 is 11.2. The van der Waals surface area contributed by atoms with Crippen molar-refractivity contribution in [3.05, 3.63) is 23.8 Å². The van der Waals surface area contributed by atoms with E-state index in [0.29, 0.717) is 35.5 Å². The van der Waals surface area contributed by atoms with E-state index in [1.165, 1.54) is 0 Å². The van der Waals surface area contributed by atoms with Gasteiger partial charge in [-0.1, -0.05) is 13.8 Å². The van der Waals surface area contributed by atoms with Crippen molar-refractivity contribution in [3.8, 4) is 11.5 Å². The number of piperidine rings is 1. The summed E-state index contributed by atoms with van der Waals surface area (Å²) in [6.45, 7) is 7.66. The molecule has 1 aromatic rings. The van der Waals surface area contributed by atoms with Crippen molar-refractivity contribution in [3.63, 3.8) is 0 Å². The largest absolute Gasteiger partial charge is 0.493 e. The quantitative estimate of drug-likeness (QED) is 0.743. The minimum atomic E-state index is 0. The fourth-order valence-electron chi connectivity index (χ4n) is 3.14. The molecular weight excluding hydrogens is 352 g/mol. The maximum absolute atomic E-state index is 12.8. The highest BCUT2D eigenvalue weighted by molar-refractivity contribution is 5.95. The lowest BCUT2D eigenvalue weighted by Crippen LogP contribution is -2.40. The highest BCUT2D eigenvalue weighted by Crippen LogP contribution is 2.29. The summed E-state index contributed by atoms with van der Waals surface area (Å²) in [6.07, 6.45) is 3.10. The second-order valence-electron chi connectivity index (χ2n) is 7.19. The van der Waals surface area contributed by atoms with Crippen LogP contribution in [0.2, 0.25) is 0 Å². The Bertz CT molecular complexity index is 558. The summed E-state index contributed by atoms with van der Waals surface area (Å²) >= 11 is 0. The van der Waals surface area contributed by atoms with Crippen molar-refractivity contribution in [1.82, 2.24) is 10.2 Å². The number of ether oxygens (including phenoxy) is 2. The second-order valence-corrected chi connectivity index (χ2v) is 7.19. The third-order valence-corrected chi connectivity index (χ3v) is 4.76. The van der Waals surface area contributed by atoms with Crippen LogP contribution in [0.25, 0.3) is 0 Å². The van der Waals surface area contributed by atoms with Crippen LogP contribution in [-0.4, -0.2) is 51.2 Å². The van der Waals surface area contributed by atoms with Gasteiger partial charge < -0.3 is 19.7 Å². The minimum absolute atomic E-state index is 0. The number of hydrogen-bond acceptors (Lipinski definition) is 4. The Morgan fingerprint density at radius 3 is 2.54 bits per heavy atom. The van der Waals surface area contributed by atoms with E-state index in [-0.39, 0.29) is 18.3 Å². The monoisotopic (exact) mass is 384 g/mol. The number of amides is 1. The first-order valence-electron chi connectivity index (χ1n) is 9.29. The van der Waals surface area contributed by atoms with Crippen LogP contribution in [0.4, 0.5) is 0 Å². The number of hydrogen-bond donors (Lipinski definition) is 1. The molecule has 0 unspecified atom stereocenters. The second kappa shape index (κ2) is 11.3. The van der Waals surface area contributed by atoms with Crippen LogP contribution in [-0.2, 0) is 0 Å². The van der Waals surface area contributed by atoms with Crippen LogP contribution in [0.5, 0.6) is 11.5 Å². The number of carbonyl (C=O) groups excluding carboxylic acids is 1. The SMILES string of the molecule is CNCC1CCN(C(=O)c2ccc(OCCC(C)C)c(OC)c2)CC1.Cl. The van der Waals surface area contributed by atoms with E-state index >= 15 is 0 Å². The van der Waals surface area contributed by atoms with Crippen LogP contribution in [0.3, 0.4) is 0 Å². The first kappa shape index (κ1) is 22.6. The minimum Gasteiger partial charge on any atom is -0.493 e. The van der Waals surface area contributed by atoms with E-state index in [0.717, 1.165) is 38.9 Å². The van der Waals surface area contributed by atoms with E-state index in [1.807, 2.05) is 24.1 Å². The molecule has 0 atom stereocenters. The molecule has 148 valence electrons. The van der Waals surface area contributed by atoms with E-state index in [1.54, 1.807) is 13.2 Å². The first-order chi connectivity index (χ1) is 12.0. The van der Waals surface area contributed by atoms with E-state index < -0.39 is 0 Å². The zero-order valence-electron chi connectivity index (χ0n) is 16.4. The number of nitrogens with one attached hydrogen (secondary N) is 1. The molecule has 1 fully saturated rings. The van der Waals surface area contributed by atoms with Gasteiger partial charge >= 0.3 is 0 Å². The first-order valence-corrected chi connectivity index (χ1v) is 9.29. The van der Waals surface area contributed by atoms with Gasteiger partial charge in [-0.3, -0.25) is 4.79 Å². The fraction of sp³-hybridized carbons (Fsp3) is 0.650. The summed E-state index contributed by atoms with van der Waals surface area (Å²) in [5.41, 5.74) is 0.667. The molecule has 6 heteroatoms. The number of halogens is 1. The standard InChI is InChI=1S/C20H32N2O3.ClH/c1-15(2)9-12-25-18-6-5-17(13-19(18)24-4)20(23)22-10-7-16(8-11-22)14-21-3;/h5-6,13,15-16,21H,7-12,14H2,1-4H3;1H. The van der Waals surface area contributed by atoms with Crippen molar-refractivity contribution in [2.24, 2.45) is 11.8 Å². The molecule has 0 radical (unpaired) electrons. The van der Waals surface area contributed by atoms with Crippen molar-refractivity contribution < 1.29 is 14.3 Å². The maximum atomic E-state index is 12.8. The zero-order valence-corrected chi connectivity index (χ0v) is 17.2. The van der Waals surface area contributed by atoms with Crippen LogP contribution >= 0.6 is 12.4 Å². The Morgan fingerprint density at radius 2 is 1.96 bits per heavy atom. The average Bonchev–Trinajstić information content (AvgIpc) is 2.62. The molecule has 0 aromatic heterocycles. The summed E-state index contributed by atoms with van der Waals surface area (Å²) in [5.74, 6) is 2.67. The van der Waals surface area contributed by atoms with Crippen molar-refractivity contribution >= 4 is 18.3 Å². The molecule has 1 heterocycles. The molecule has 5 nitrogen and oxygen atoms in total. The maximum Gasteiger partial charge on any atom is 0.253 e. The molecule has 0 saturated carbocycles. The zero-order chi connectivity index (χ0) is 18.2. The van der Waals surface area contributed by atoms with Crippen molar-refractivity contribution in [2.75, 3.05) is 40.4 Å². The van der Waals surface area contributed by atoms with E-state index in [4.69, 9.17) is 9.47 Å². The van der Waals surface area contributed by atoms with Crippen LogP contribution < -0.4 is 14.8 Å². The van der Waals surface area contributed by atoms with Gasteiger partial charge in [0.1, 0.15) is 0 Å². The molecule has 1 aliphatic heterocycles. The summed E-state index contributed by atoms with van der Waals surface area (Å²) in [4.78, 5) is 14.7. The Morgan fingerprint density at radius 1 is 1.27 bits per heavy atom. The van der Waals surface area contributed by atoms with E-state index in [2.05, 4.69) is 19.2 Å². The molecule has 1 N–H and O–H groups in total. The Kier molecular flexibility index (Phi) is 9.81. The van der Waals surface area contributed by atoms with Gasteiger partial charge in [0.05, 0.1) is 13.7 Å². The molecule has 2 rings (SSSR count). The van der Waals surface area contributed by atoms with Crippen molar-refractivity contribution in [1.29, 1.82) is 0 Å². The predicted octanol–water partition coefficient (Wildman–Crippen LogP) is 3.61. The topological polar surface area (TPSA) is 50.8 Å². The van der Waals surface area contributed by atoms with Gasteiger partial charge in [-0.05, 0) is 62.9 Å². The number of nitrogens with zero attached hydrogens (tertiary/aromatic N) is 1. The van der Waals surface area contributed by atoms with Crippen LogP contribution in [0, 0.1) is 11.8 Å². The number of rotatable bonds is 8.